The summed E-state index contributed by atoms with van der Waals surface area (Å²) in [6.07, 6.45) is 6.39. The molecule has 6 rings (SSSR count). The number of aliphatic hydroxyl groups is 1. The third kappa shape index (κ3) is 5.83. The predicted octanol–water partition coefficient (Wildman–Crippen LogP) is 4.54. The summed E-state index contributed by atoms with van der Waals surface area (Å²) in [5, 5.41) is 15.3. The average Bonchev–Trinajstić information content (AvgIpc) is 3.62. The molecule has 0 aliphatic carbocycles. The van der Waals surface area contributed by atoms with Crippen LogP contribution in [0, 0.1) is 0 Å². The molecule has 2 aromatic heterocycles. The number of pyridine rings is 2. The van der Waals surface area contributed by atoms with Crippen molar-refractivity contribution in [2.75, 3.05) is 32.8 Å². The van der Waals surface area contributed by atoms with E-state index in [0.29, 0.717) is 49.2 Å². The molecule has 220 valence electrons. The quantitative estimate of drug-likeness (QED) is 0.217. The fourth-order valence-electron chi connectivity index (χ4n) is 6.51. The number of aromatic nitrogens is 2. The van der Waals surface area contributed by atoms with Crippen LogP contribution in [0.2, 0.25) is 0 Å². The van der Waals surface area contributed by atoms with Gasteiger partial charge in [0.1, 0.15) is 11.9 Å². The number of aldehydes is 1. The Morgan fingerprint density at radius 2 is 1.95 bits per heavy atom. The smallest absolute Gasteiger partial charge is 0.254 e. The molecule has 1 aromatic carbocycles. The molecule has 1 fully saturated rings. The third-order valence-electron chi connectivity index (χ3n) is 8.53. The minimum atomic E-state index is -1.33. The van der Waals surface area contributed by atoms with Gasteiger partial charge in [0.15, 0.2) is 6.29 Å². The van der Waals surface area contributed by atoms with Crippen LogP contribution in [0.5, 0.6) is 5.75 Å². The molecule has 1 saturated heterocycles. The Balaban J connectivity index is 0.00000165. The van der Waals surface area contributed by atoms with Crippen molar-refractivity contribution in [2.45, 2.75) is 84.9 Å². The van der Waals surface area contributed by atoms with E-state index in [9.17, 15) is 14.7 Å². The molecule has 41 heavy (non-hydrogen) atoms. The number of piperidine rings is 1. The SMILES string of the molecule is CC.CCCc1c(C(O)C=O)cc2n(c1=O)Cc1c-2nc2cc3c(cc2c1CNCCCN1CCCCC1)CCO3. The molecule has 0 bridgehead atoms. The first-order valence-electron chi connectivity index (χ1n) is 15.5. The minimum absolute atomic E-state index is 0.140. The van der Waals surface area contributed by atoms with Crippen molar-refractivity contribution in [1.82, 2.24) is 19.8 Å². The predicted molar refractivity (Wildman–Crippen MR) is 163 cm³/mol. The largest absolute Gasteiger partial charge is 0.493 e. The van der Waals surface area contributed by atoms with E-state index < -0.39 is 6.10 Å². The first kappa shape index (κ1) is 29.4. The molecule has 3 aromatic rings. The number of ether oxygens (including phenoxy) is 1. The lowest BCUT2D eigenvalue weighted by Crippen LogP contribution is -2.32. The number of hydrogen-bond donors (Lipinski definition) is 2. The summed E-state index contributed by atoms with van der Waals surface area (Å²) in [5.74, 6) is 0.876. The van der Waals surface area contributed by atoms with E-state index in [1.54, 1.807) is 10.6 Å². The van der Waals surface area contributed by atoms with E-state index in [1.807, 2.05) is 26.8 Å². The standard InChI is InChI=1S/C31H38N4O4.C2H6/c1-2-7-21-23(28(37)19-36)15-27-30-25(18-35(27)31(21)38)24(17-32-9-6-12-34-10-4-3-5-11-34)22-14-20-8-13-39-29(20)16-26(22)33-30;1-2/h14-16,19,28,32,37H,2-13,17-18H2,1H3;1-2H3. The number of fused-ring (bicyclic) bond motifs is 5. The molecule has 0 saturated carbocycles. The van der Waals surface area contributed by atoms with Gasteiger partial charge in [-0.2, -0.15) is 0 Å². The minimum Gasteiger partial charge on any atom is -0.493 e. The van der Waals surface area contributed by atoms with E-state index in [0.717, 1.165) is 60.3 Å². The lowest BCUT2D eigenvalue weighted by Gasteiger charge is -2.26. The highest BCUT2D eigenvalue weighted by Gasteiger charge is 2.30. The Hall–Kier alpha value is -3.07. The second kappa shape index (κ2) is 13.3. The van der Waals surface area contributed by atoms with Crippen LogP contribution in [0.3, 0.4) is 0 Å². The summed E-state index contributed by atoms with van der Waals surface area (Å²) in [6.45, 7) is 12.3. The van der Waals surface area contributed by atoms with Gasteiger partial charge in [-0.05, 0) is 80.7 Å². The monoisotopic (exact) mass is 560 g/mol. The van der Waals surface area contributed by atoms with Crippen molar-refractivity contribution in [2.24, 2.45) is 0 Å². The summed E-state index contributed by atoms with van der Waals surface area (Å²) >= 11 is 0. The second-order valence-corrected chi connectivity index (χ2v) is 11.1. The van der Waals surface area contributed by atoms with E-state index in [2.05, 4.69) is 16.3 Å². The third-order valence-corrected chi connectivity index (χ3v) is 8.53. The van der Waals surface area contributed by atoms with Crippen LogP contribution in [-0.2, 0) is 30.7 Å². The molecule has 0 spiro atoms. The van der Waals surface area contributed by atoms with Crippen LogP contribution < -0.4 is 15.6 Å². The molecule has 1 atom stereocenters. The molecule has 1 unspecified atom stereocenters. The van der Waals surface area contributed by atoms with Crippen molar-refractivity contribution in [1.29, 1.82) is 0 Å². The highest BCUT2D eigenvalue weighted by molar-refractivity contribution is 5.90. The molecule has 3 aliphatic heterocycles. The van der Waals surface area contributed by atoms with Crippen LogP contribution in [0.1, 0.15) is 86.8 Å². The van der Waals surface area contributed by atoms with Crippen LogP contribution in [0.15, 0.2) is 23.0 Å². The zero-order valence-corrected chi connectivity index (χ0v) is 24.8. The Morgan fingerprint density at radius 1 is 1.15 bits per heavy atom. The summed E-state index contributed by atoms with van der Waals surface area (Å²) < 4.78 is 7.62. The first-order chi connectivity index (χ1) is 20.1. The van der Waals surface area contributed by atoms with Crippen molar-refractivity contribution in [3.8, 4) is 17.1 Å². The maximum Gasteiger partial charge on any atom is 0.254 e. The van der Waals surface area contributed by atoms with E-state index in [4.69, 9.17) is 9.72 Å². The van der Waals surface area contributed by atoms with Crippen LogP contribution in [-0.4, -0.2) is 58.6 Å². The second-order valence-electron chi connectivity index (χ2n) is 11.1. The van der Waals surface area contributed by atoms with Crippen molar-refractivity contribution < 1.29 is 14.6 Å². The zero-order valence-electron chi connectivity index (χ0n) is 24.8. The van der Waals surface area contributed by atoms with E-state index in [-0.39, 0.29) is 5.56 Å². The molecule has 0 amide bonds. The Labute approximate surface area is 242 Å². The highest BCUT2D eigenvalue weighted by Crippen LogP contribution is 2.39. The fourth-order valence-corrected chi connectivity index (χ4v) is 6.51. The van der Waals surface area contributed by atoms with Gasteiger partial charge in [-0.15, -0.1) is 0 Å². The van der Waals surface area contributed by atoms with Gasteiger partial charge in [0.2, 0.25) is 0 Å². The van der Waals surface area contributed by atoms with Crippen molar-refractivity contribution in [3.05, 3.63) is 56.4 Å². The van der Waals surface area contributed by atoms with Gasteiger partial charge >= 0.3 is 0 Å². The summed E-state index contributed by atoms with van der Waals surface area (Å²) in [5.41, 5.74) is 6.45. The van der Waals surface area contributed by atoms with Gasteiger partial charge in [-0.1, -0.05) is 33.6 Å². The molecule has 8 heteroatoms. The summed E-state index contributed by atoms with van der Waals surface area (Å²) in [6, 6.07) is 6.03. The van der Waals surface area contributed by atoms with E-state index in [1.165, 1.54) is 43.5 Å². The van der Waals surface area contributed by atoms with Gasteiger partial charge in [0, 0.05) is 35.5 Å². The highest BCUT2D eigenvalue weighted by atomic mass is 16.5. The summed E-state index contributed by atoms with van der Waals surface area (Å²) in [7, 11) is 0. The van der Waals surface area contributed by atoms with Crippen LogP contribution >= 0.6 is 0 Å². The number of likely N-dealkylation sites (tertiary alicyclic amines) is 1. The Kier molecular flexibility index (Phi) is 9.53. The lowest BCUT2D eigenvalue weighted by molar-refractivity contribution is -0.115. The fraction of sp³-hybridized carbons (Fsp3) is 0.545. The number of carbonyl (C=O) groups is 1. The van der Waals surface area contributed by atoms with Crippen LogP contribution in [0.4, 0.5) is 0 Å². The number of aliphatic hydroxyl groups excluding tert-OH is 1. The maximum atomic E-state index is 13.6. The topological polar surface area (TPSA) is 96.7 Å². The molecule has 5 heterocycles. The van der Waals surface area contributed by atoms with Gasteiger partial charge < -0.3 is 29.4 Å². The van der Waals surface area contributed by atoms with E-state index >= 15 is 0 Å². The average molecular weight is 561 g/mol. The molecular weight excluding hydrogens is 516 g/mol. The first-order valence-corrected chi connectivity index (χ1v) is 15.5. The Bertz CT molecular complexity index is 1460. The number of carbonyl (C=O) groups excluding carboxylic acids is 1. The van der Waals surface area contributed by atoms with Gasteiger partial charge in [0.25, 0.3) is 5.56 Å². The molecule has 3 aliphatic rings. The normalized spacial score (nSPS) is 16.4. The number of benzene rings is 1. The van der Waals surface area contributed by atoms with Crippen LogP contribution in [0.25, 0.3) is 22.3 Å². The van der Waals surface area contributed by atoms with Crippen molar-refractivity contribution in [3.63, 3.8) is 0 Å². The molecule has 2 N–H and O–H groups in total. The number of nitrogens with one attached hydrogen (secondary N) is 1. The zero-order chi connectivity index (χ0) is 28.9. The van der Waals surface area contributed by atoms with Gasteiger partial charge in [0.05, 0.1) is 30.1 Å². The number of hydrogen-bond acceptors (Lipinski definition) is 7. The van der Waals surface area contributed by atoms with Crippen molar-refractivity contribution >= 4 is 17.2 Å². The maximum absolute atomic E-state index is 13.6. The number of rotatable bonds is 10. The molecular formula is C33H44N4O4. The lowest BCUT2D eigenvalue weighted by atomic mass is 9.97. The number of nitrogens with zero attached hydrogens (tertiary/aromatic N) is 3. The Morgan fingerprint density at radius 3 is 2.71 bits per heavy atom. The van der Waals surface area contributed by atoms with Gasteiger partial charge in [-0.3, -0.25) is 4.79 Å². The summed E-state index contributed by atoms with van der Waals surface area (Å²) in [4.78, 5) is 32.8. The molecule has 8 nitrogen and oxygen atoms in total. The van der Waals surface area contributed by atoms with Gasteiger partial charge in [-0.25, -0.2) is 4.98 Å². The molecule has 0 radical (unpaired) electrons.